The molecule has 0 heterocycles. The van der Waals surface area contributed by atoms with Gasteiger partial charge in [-0.3, -0.25) is 10.1 Å². The van der Waals surface area contributed by atoms with E-state index in [9.17, 15) is 10.1 Å². The van der Waals surface area contributed by atoms with Crippen LogP contribution in [-0.2, 0) is 0 Å². The SMILES string of the molecule is CCCC(NC(CC)CSC)c1cccc([N+](=O)[O-])c1. The van der Waals surface area contributed by atoms with Crippen LogP contribution < -0.4 is 5.32 Å². The van der Waals surface area contributed by atoms with Gasteiger partial charge < -0.3 is 5.32 Å². The van der Waals surface area contributed by atoms with Crippen molar-refractivity contribution in [3.8, 4) is 0 Å². The molecule has 2 atom stereocenters. The highest BCUT2D eigenvalue weighted by molar-refractivity contribution is 7.98. The van der Waals surface area contributed by atoms with Crippen LogP contribution in [0.2, 0.25) is 0 Å². The van der Waals surface area contributed by atoms with E-state index in [1.165, 1.54) is 0 Å². The highest BCUT2D eigenvalue weighted by atomic mass is 32.2. The van der Waals surface area contributed by atoms with Crippen molar-refractivity contribution in [3.05, 3.63) is 39.9 Å². The van der Waals surface area contributed by atoms with Gasteiger partial charge in [-0.25, -0.2) is 0 Å². The third kappa shape index (κ3) is 5.13. The van der Waals surface area contributed by atoms with E-state index in [1.54, 1.807) is 18.2 Å². The third-order valence-corrected chi connectivity index (χ3v) is 4.09. The van der Waals surface area contributed by atoms with Crippen molar-refractivity contribution in [1.29, 1.82) is 0 Å². The molecular weight excluding hydrogens is 272 g/mol. The number of nitrogens with one attached hydrogen (secondary N) is 1. The van der Waals surface area contributed by atoms with Crippen LogP contribution in [0, 0.1) is 10.1 Å². The van der Waals surface area contributed by atoms with Gasteiger partial charge in [-0.05, 0) is 24.7 Å². The van der Waals surface area contributed by atoms with Crippen molar-refractivity contribution in [1.82, 2.24) is 5.32 Å². The third-order valence-electron chi connectivity index (χ3n) is 3.36. The van der Waals surface area contributed by atoms with Gasteiger partial charge in [0.2, 0.25) is 0 Å². The highest BCUT2D eigenvalue weighted by Crippen LogP contribution is 2.24. The van der Waals surface area contributed by atoms with Crippen LogP contribution in [0.25, 0.3) is 0 Å². The van der Waals surface area contributed by atoms with Crippen LogP contribution in [-0.4, -0.2) is 23.0 Å². The second kappa shape index (κ2) is 8.97. The lowest BCUT2D eigenvalue weighted by atomic mass is 10.0. The Bertz CT molecular complexity index is 426. The zero-order valence-electron chi connectivity index (χ0n) is 12.5. The lowest BCUT2D eigenvalue weighted by Gasteiger charge is -2.25. The maximum Gasteiger partial charge on any atom is 0.269 e. The van der Waals surface area contributed by atoms with Crippen molar-refractivity contribution in [3.63, 3.8) is 0 Å². The summed E-state index contributed by atoms with van der Waals surface area (Å²) >= 11 is 1.83. The predicted octanol–water partition coefficient (Wildman–Crippen LogP) is 4.17. The van der Waals surface area contributed by atoms with Crippen LogP contribution in [0.1, 0.15) is 44.7 Å². The maximum atomic E-state index is 10.9. The molecule has 0 saturated heterocycles. The molecule has 0 bridgehead atoms. The molecule has 2 unspecified atom stereocenters. The molecule has 0 aromatic heterocycles. The van der Waals surface area contributed by atoms with Crippen LogP contribution in [0.4, 0.5) is 5.69 Å². The molecule has 0 aliphatic carbocycles. The van der Waals surface area contributed by atoms with Crippen molar-refractivity contribution < 1.29 is 4.92 Å². The molecule has 1 aromatic rings. The fraction of sp³-hybridized carbons (Fsp3) is 0.600. The molecule has 1 aromatic carbocycles. The van der Waals surface area contributed by atoms with Gasteiger partial charge in [-0.1, -0.05) is 32.4 Å². The van der Waals surface area contributed by atoms with Crippen LogP contribution in [0.15, 0.2) is 24.3 Å². The first-order chi connectivity index (χ1) is 9.62. The molecule has 0 spiro atoms. The standard InChI is InChI=1S/C15H24N2O2S/c1-4-7-15(16-13(5-2)11-20-3)12-8-6-9-14(10-12)17(18)19/h6,8-10,13,15-16H,4-5,7,11H2,1-3H3. The minimum atomic E-state index is -0.328. The molecule has 0 fully saturated rings. The molecule has 20 heavy (non-hydrogen) atoms. The lowest BCUT2D eigenvalue weighted by molar-refractivity contribution is -0.384. The normalized spacial score (nSPS) is 13.9. The molecule has 0 aliphatic rings. The predicted molar refractivity (Wildman–Crippen MR) is 86.3 cm³/mol. The molecule has 5 heteroatoms. The second-order valence-corrected chi connectivity index (χ2v) is 5.83. The average Bonchev–Trinajstić information content (AvgIpc) is 2.46. The number of thioether (sulfide) groups is 1. The first-order valence-electron chi connectivity index (χ1n) is 7.11. The van der Waals surface area contributed by atoms with E-state index >= 15 is 0 Å². The summed E-state index contributed by atoms with van der Waals surface area (Å²) in [5.74, 6) is 1.06. The summed E-state index contributed by atoms with van der Waals surface area (Å²) in [7, 11) is 0. The Kier molecular flexibility index (Phi) is 7.62. The minimum Gasteiger partial charge on any atom is -0.306 e. The van der Waals surface area contributed by atoms with Crippen LogP contribution >= 0.6 is 11.8 Å². The zero-order valence-corrected chi connectivity index (χ0v) is 13.3. The number of benzene rings is 1. The number of nitrogens with zero attached hydrogens (tertiary/aromatic N) is 1. The van der Waals surface area contributed by atoms with Gasteiger partial charge in [0.15, 0.2) is 0 Å². The zero-order chi connectivity index (χ0) is 15.0. The monoisotopic (exact) mass is 296 g/mol. The molecule has 0 aliphatic heterocycles. The summed E-state index contributed by atoms with van der Waals surface area (Å²) in [4.78, 5) is 10.6. The van der Waals surface area contributed by atoms with E-state index in [4.69, 9.17) is 0 Å². The van der Waals surface area contributed by atoms with E-state index in [1.807, 2.05) is 17.8 Å². The molecular formula is C15H24N2O2S. The Balaban J connectivity index is 2.89. The van der Waals surface area contributed by atoms with Crippen molar-refractivity contribution in [2.45, 2.75) is 45.2 Å². The van der Waals surface area contributed by atoms with Crippen molar-refractivity contribution >= 4 is 17.4 Å². The molecule has 4 nitrogen and oxygen atoms in total. The largest absolute Gasteiger partial charge is 0.306 e. The average molecular weight is 296 g/mol. The number of rotatable bonds is 9. The molecule has 0 radical (unpaired) electrons. The topological polar surface area (TPSA) is 55.2 Å². The van der Waals surface area contributed by atoms with Crippen LogP contribution in [0.3, 0.4) is 0 Å². The molecule has 0 saturated carbocycles. The summed E-state index contributed by atoms with van der Waals surface area (Å²) in [6.07, 6.45) is 5.21. The summed E-state index contributed by atoms with van der Waals surface area (Å²) in [5.41, 5.74) is 1.18. The quantitative estimate of drug-likeness (QED) is 0.549. The fourth-order valence-electron chi connectivity index (χ4n) is 2.26. The smallest absolute Gasteiger partial charge is 0.269 e. The molecule has 0 amide bonds. The van der Waals surface area contributed by atoms with E-state index in [0.29, 0.717) is 6.04 Å². The Morgan fingerprint density at radius 1 is 1.40 bits per heavy atom. The summed E-state index contributed by atoms with van der Waals surface area (Å²) < 4.78 is 0. The Hall–Kier alpha value is -1.07. The second-order valence-electron chi connectivity index (χ2n) is 4.92. The summed E-state index contributed by atoms with van der Waals surface area (Å²) in [6, 6.07) is 7.63. The van der Waals surface area contributed by atoms with Crippen molar-refractivity contribution in [2.24, 2.45) is 0 Å². The van der Waals surface area contributed by atoms with Gasteiger partial charge in [0.05, 0.1) is 4.92 Å². The lowest BCUT2D eigenvalue weighted by Crippen LogP contribution is -2.34. The van der Waals surface area contributed by atoms with E-state index < -0.39 is 0 Å². The minimum absolute atomic E-state index is 0.170. The number of nitro benzene ring substituents is 1. The molecule has 1 rings (SSSR count). The molecule has 112 valence electrons. The Morgan fingerprint density at radius 3 is 2.70 bits per heavy atom. The summed E-state index contributed by atoms with van der Waals surface area (Å²) in [5, 5.41) is 14.5. The van der Waals surface area contributed by atoms with Gasteiger partial charge >= 0.3 is 0 Å². The maximum absolute atomic E-state index is 10.9. The van der Waals surface area contributed by atoms with Crippen LogP contribution in [0.5, 0.6) is 0 Å². The van der Waals surface area contributed by atoms with E-state index in [-0.39, 0.29) is 16.7 Å². The highest BCUT2D eigenvalue weighted by Gasteiger charge is 2.17. The number of non-ortho nitro benzene ring substituents is 1. The number of hydrogen-bond donors (Lipinski definition) is 1. The Labute approximate surface area is 125 Å². The van der Waals surface area contributed by atoms with Gasteiger partial charge in [0.25, 0.3) is 5.69 Å². The van der Waals surface area contributed by atoms with Gasteiger partial charge in [-0.15, -0.1) is 0 Å². The van der Waals surface area contributed by atoms with Crippen molar-refractivity contribution in [2.75, 3.05) is 12.0 Å². The van der Waals surface area contributed by atoms with Gasteiger partial charge in [-0.2, -0.15) is 11.8 Å². The fourth-order valence-corrected chi connectivity index (χ4v) is 2.99. The van der Waals surface area contributed by atoms with Gasteiger partial charge in [0, 0.05) is 30.0 Å². The van der Waals surface area contributed by atoms with E-state index in [0.717, 1.165) is 30.6 Å². The number of hydrogen-bond acceptors (Lipinski definition) is 4. The number of nitro groups is 1. The first-order valence-corrected chi connectivity index (χ1v) is 8.51. The van der Waals surface area contributed by atoms with Gasteiger partial charge in [0.1, 0.15) is 0 Å². The molecule has 1 N–H and O–H groups in total. The first kappa shape index (κ1) is 17.0. The Morgan fingerprint density at radius 2 is 2.15 bits per heavy atom. The summed E-state index contributed by atoms with van der Waals surface area (Å²) in [6.45, 7) is 4.31. The van der Waals surface area contributed by atoms with E-state index in [2.05, 4.69) is 25.4 Å².